The number of piperidine rings is 1. The van der Waals surface area contributed by atoms with Crippen molar-refractivity contribution >= 4 is 6.41 Å². The zero-order valence-corrected chi connectivity index (χ0v) is 8.79. The maximum Gasteiger partial charge on any atom is 0.209 e. The van der Waals surface area contributed by atoms with Crippen LogP contribution in [0, 0.1) is 17.3 Å². The molecule has 0 spiro atoms. The minimum Gasteiger partial charge on any atom is -0.342 e. The van der Waals surface area contributed by atoms with Crippen LogP contribution >= 0.6 is 0 Å². The van der Waals surface area contributed by atoms with Crippen LogP contribution < -0.4 is 0 Å². The Hall–Kier alpha value is -0.530. The summed E-state index contributed by atoms with van der Waals surface area (Å²) < 4.78 is 0. The fourth-order valence-electron chi connectivity index (χ4n) is 3.12. The van der Waals surface area contributed by atoms with Gasteiger partial charge < -0.3 is 4.90 Å². The first-order valence-corrected chi connectivity index (χ1v) is 5.23. The molecule has 1 amide bonds. The fourth-order valence-corrected chi connectivity index (χ4v) is 3.12. The lowest BCUT2D eigenvalue weighted by atomic mass is 9.76. The average Bonchev–Trinajstić information content (AvgIpc) is 2.59. The second-order valence-electron chi connectivity index (χ2n) is 5.68. The molecular weight excluding hydrogens is 162 g/mol. The van der Waals surface area contributed by atoms with Crippen LogP contribution in [-0.2, 0) is 4.79 Å². The van der Waals surface area contributed by atoms with Crippen molar-refractivity contribution in [2.75, 3.05) is 6.54 Å². The summed E-state index contributed by atoms with van der Waals surface area (Å²) >= 11 is 0. The van der Waals surface area contributed by atoms with Crippen LogP contribution in [0.3, 0.4) is 0 Å². The van der Waals surface area contributed by atoms with Crippen molar-refractivity contribution in [3.05, 3.63) is 0 Å². The summed E-state index contributed by atoms with van der Waals surface area (Å²) in [7, 11) is 0. The van der Waals surface area contributed by atoms with E-state index >= 15 is 0 Å². The van der Waals surface area contributed by atoms with E-state index in [9.17, 15) is 4.79 Å². The SMILES string of the molecule is CC(C)(C)C1CC2CC1N(C=O)C2. The molecule has 0 aromatic heterocycles. The van der Waals surface area contributed by atoms with E-state index in [0.717, 1.165) is 24.8 Å². The van der Waals surface area contributed by atoms with Gasteiger partial charge in [0.15, 0.2) is 0 Å². The van der Waals surface area contributed by atoms with Crippen molar-refractivity contribution in [2.45, 2.75) is 39.7 Å². The van der Waals surface area contributed by atoms with E-state index in [0.29, 0.717) is 11.5 Å². The normalized spacial score (nSPS) is 38.4. The number of likely N-dealkylation sites (tertiary alicyclic amines) is 1. The van der Waals surface area contributed by atoms with Gasteiger partial charge in [0.25, 0.3) is 0 Å². The smallest absolute Gasteiger partial charge is 0.209 e. The first-order chi connectivity index (χ1) is 6.02. The molecule has 2 rings (SSSR count). The number of amides is 1. The molecule has 2 nitrogen and oxygen atoms in total. The van der Waals surface area contributed by atoms with E-state index in [2.05, 4.69) is 20.8 Å². The topological polar surface area (TPSA) is 20.3 Å². The van der Waals surface area contributed by atoms with Crippen LogP contribution in [-0.4, -0.2) is 23.9 Å². The molecule has 1 saturated carbocycles. The zero-order chi connectivity index (χ0) is 9.64. The maximum atomic E-state index is 10.8. The van der Waals surface area contributed by atoms with Crippen LogP contribution in [0.25, 0.3) is 0 Å². The molecule has 1 aliphatic carbocycles. The van der Waals surface area contributed by atoms with Crippen LogP contribution in [0.15, 0.2) is 0 Å². The molecule has 0 N–H and O–H groups in total. The van der Waals surface area contributed by atoms with E-state index < -0.39 is 0 Å². The van der Waals surface area contributed by atoms with Crippen molar-refractivity contribution in [2.24, 2.45) is 17.3 Å². The van der Waals surface area contributed by atoms with Gasteiger partial charge in [-0.3, -0.25) is 4.79 Å². The molecule has 0 radical (unpaired) electrons. The fraction of sp³-hybridized carbons (Fsp3) is 0.909. The minimum atomic E-state index is 0.362. The Balaban J connectivity index is 2.14. The number of hydrogen-bond donors (Lipinski definition) is 0. The zero-order valence-electron chi connectivity index (χ0n) is 8.79. The van der Waals surface area contributed by atoms with Gasteiger partial charge in [0.05, 0.1) is 0 Å². The predicted octanol–water partition coefficient (Wildman–Crippen LogP) is 1.90. The van der Waals surface area contributed by atoms with Crippen molar-refractivity contribution in [3.63, 3.8) is 0 Å². The second kappa shape index (κ2) is 2.73. The number of hydrogen-bond acceptors (Lipinski definition) is 1. The lowest BCUT2D eigenvalue weighted by Crippen LogP contribution is -2.42. The number of nitrogens with zero attached hydrogens (tertiary/aromatic N) is 1. The highest BCUT2D eigenvalue weighted by Crippen LogP contribution is 2.48. The highest BCUT2D eigenvalue weighted by Gasteiger charge is 2.48. The number of carbonyl (C=O) groups excluding carboxylic acids is 1. The largest absolute Gasteiger partial charge is 0.342 e. The first kappa shape index (κ1) is 9.04. The molecule has 2 aliphatic rings. The predicted molar refractivity (Wildman–Crippen MR) is 52.2 cm³/mol. The highest BCUT2D eigenvalue weighted by molar-refractivity contribution is 5.49. The minimum absolute atomic E-state index is 0.362. The average molecular weight is 181 g/mol. The molecule has 2 heteroatoms. The summed E-state index contributed by atoms with van der Waals surface area (Å²) in [5, 5.41) is 0. The standard InChI is InChI=1S/C11H19NO/c1-11(2,3)9-4-8-5-10(9)12(6-8)7-13/h7-10H,4-6H2,1-3H3. The Kier molecular flexibility index (Phi) is 1.90. The van der Waals surface area contributed by atoms with E-state index in [1.54, 1.807) is 0 Å². The molecule has 0 aromatic rings. The van der Waals surface area contributed by atoms with Crippen LogP contribution in [0.5, 0.6) is 0 Å². The lowest BCUT2D eigenvalue weighted by molar-refractivity contribution is -0.121. The van der Waals surface area contributed by atoms with Gasteiger partial charge in [0.2, 0.25) is 6.41 Å². The summed E-state index contributed by atoms with van der Waals surface area (Å²) in [6.07, 6.45) is 3.63. The van der Waals surface area contributed by atoms with Gasteiger partial charge in [0.1, 0.15) is 0 Å². The van der Waals surface area contributed by atoms with Crippen molar-refractivity contribution in [1.82, 2.24) is 4.90 Å². The van der Waals surface area contributed by atoms with Gasteiger partial charge in [-0.25, -0.2) is 0 Å². The Bertz CT molecular complexity index is 219. The lowest BCUT2D eigenvalue weighted by Gasteiger charge is -2.38. The summed E-state index contributed by atoms with van der Waals surface area (Å²) in [4.78, 5) is 12.8. The molecule has 2 bridgehead atoms. The van der Waals surface area contributed by atoms with Gasteiger partial charge >= 0.3 is 0 Å². The summed E-state index contributed by atoms with van der Waals surface area (Å²) in [5.74, 6) is 1.51. The Labute approximate surface area is 80.3 Å². The molecule has 0 aromatic carbocycles. The molecule has 74 valence electrons. The molecule has 1 aliphatic heterocycles. The first-order valence-electron chi connectivity index (χ1n) is 5.23. The van der Waals surface area contributed by atoms with Gasteiger partial charge in [-0.1, -0.05) is 20.8 Å². The Morgan fingerprint density at radius 3 is 2.46 bits per heavy atom. The second-order valence-corrected chi connectivity index (χ2v) is 5.68. The van der Waals surface area contributed by atoms with Crippen molar-refractivity contribution < 1.29 is 4.79 Å². The van der Waals surface area contributed by atoms with E-state index in [-0.39, 0.29) is 0 Å². The van der Waals surface area contributed by atoms with Crippen molar-refractivity contribution in [3.8, 4) is 0 Å². The Morgan fingerprint density at radius 1 is 1.31 bits per heavy atom. The Morgan fingerprint density at radius 2 is 2.00 bits per heavy atom. The van der Waals surface area contributed by atoms with E-state index in [1.165, 1.54) is 12.8 Å². The summed E-state index contributed by atoms with van der Waals surface area (Å²) in [6.45, 7) is 7.89. The van der Waals surface area contributed by atoms with E-state index in [1.807, 2.05) is 4.90 Å². The monoisotopic (exact) mass is 181 g/mol. The number of carbonyl (C=O) groups is 1. The van der Waals surface area contributed by atoms with Gasteiger partial charge in [0, 0.05) is 12.6 Å². The maximum absolute atomic E-state index is 10.8. The molecular formula is C11H19NO. The van der Waals surface area contributed by atoms with Crippen molar-refractivity contribution in [1.29, 1.82) is 0 Å². The van der Waals surface area contributed by atoms with Crippen LogP contribution in [0.4, 0.5) is 0 Å². The molecule has 2 fully saturated rings. The summed E-state index contributed by atoms with van der Waals surface area (Å²) in [6, 6.07) is 0.544. The van der Waals surface area contributed by atoms with Crippen LogP contribution in [0.2, 0.25) is 0 Å². The van der Waals surface area contributed by atoms with Crippen LogP contribution in [0.1, 0.15) is 33.6 Å². The third-order valence-electron chi connectivity index (χ3n) is 3.77. The highest BCUT2D eigenvalue weighted by atomic mass is 16.1. The van der Waals surface area contributed by atoms with Gasteiger partial charge in [-0.15, -0.1) is 0 Å². The molecule has 3 atom stereocenters. The summed E-state index contributed by atoms with van der Waals surface area (Å²) in [5.41, 5.74) is 0.362. The molecule has 1 heterocycles. The third kappa shape index (κ3) is 1.36. The molecule has 3 unspecified atom stereocenters. The molecule has 13 heavy (non-hydrogen) atoms. The quantitative estimate of drug-likeness (QED) is 0.566. The number of rotatable bonds is 1. The van der Waals surface area contributed by atoms with Gasteiger partial charge in [-0.2, -0.15) is 0 Å². The molecule has 1 saturated heterocycles. The third-order valence-corrected chi connectivity index (χ3v) is 3.77. The van der Waals surface area contributed by atoms with Gasteiger partial charge in [-0.05, 0) is 30.1 Å². The number of fused-ring (bicyclic) bond motifs is 2. The van der Waals surface area contributed by atoms with E-state index in [4.69, 9.17) is 0 Å².